The Morgan fingerprint density at radius 2 is 1.94 bits per heavy atom. The second kappa shape index (κ2) is 10.1. The standard InChI is InChI=1S/C28H26ClN5OS/c1-3-25(35)31-22-13-12-21(16-18(22)2)34-27(26(32-28(34)36)23-10-4-5-14-30-23)24-11-7-15-33(24)20-9-6-8-19(29)17-20/h4-17,26-27H,3H2,1-2H3,(H,31,35)(H,32,36). The third-order valence-electron chi connectivity index (χ3n) is 6.35. The molecule has 0 bridgehead atoms. The molecule has 1 saturated heterocycles. The quantitative estimate of drug-likeness (QED) is 0.292. The number of carbonyl (C=O) groups is 1. The van der Waals surface area contributed by atoms with Gasteiger partial charge in [0.2, 0.25) is 5.91 Å². The summed E-state index contributed by atoms with van der Waals surface area (Å²) in [6.45, 7) is 3.83. The summed E-state index contributed by atoms with van der Waals surface area (Å²) in [4.78, 5) is 18.7. The lowest BCUT2D eigenvalue weighted by Crippen LogP contribution is -2.30. The highest BCUT2D eigenvalue weighted by Gasteiger charge is 2.42. The Balaban J connectivity index is 1.62. The van der Waals surface area contributed by atoms with Crippen LogP contribution in [0.15, 0.2) is 85.2 Å². The Bertz CT molecular complexity index is 1420. The molecule has 2 unspecified atom stereocenters. The zero-order valence-electron chi connectivity index (χ0n) is 20.0. The van der Waals surface area contributed by atoms with Gasteiger partial charge in [-0.2, -0.15) is 0 Å². The monoisotopic (exact) mass is 515 g/mol. The topological polar surface area (TPSA) is 62.2 Å². The van der Waals surface area contributed by atoms with E-state index >= 15 is 0 Å². The third kappa shape index (κ3) is 4.59. The van der Waals surface area contributed by atoms with Crippen molar-refractivity contribution in [2.24, 2.45) is 0 Å². The van der Waals surface area contributed by atoms with Crippen LogP contribution < -0.4 is 15.5 Å². The number of halogens is 1. The number of rotatable bonds is 6. The van der Waals surface area contributed by atoms with Gasteiger partial charge in [0.1, 0.15) is 6.04 Å². The first-order valence-electron chi connectivity index (χ1n) is 11.8. The van der Waals surface area contributed by atoms with Crippen molar-refractivity contribution in [3.8, 4) is 5.69 Å². The smallest absolute Gasteiger partial charge is 0.224 e. The first-order chi connectivity index (χ1) is 17.5. The molecule has 5 rings (SSSR count). The summed E-state index contributed by atoms with van der Waals surface area (Å²) in [5, 5.41) is 7.76. The molecule has 0 aliphatic carbocycles. The molecule has 1 aliphatic rings. The fourth-order valence-corrected chi connectivity index (χ4v) is 5.14. The molecule has 4 aromatic rings. The number of thiocarbonyl (C=S) groups is 1. The molecule has 2 aromatic carbocycles. The van der Waals surface area contributed by atoms with E-state index in [1.807, 2.05) is 80.7 Å². The third-order valence-corrected chi connectivity index (χ3v) is 6.90. The van der Waals surface area contributed by atoms with Gasteiger partial charge in [0.05, 0.1) is 11.7 Å². The lowest BCUT2D eigenvalue weighted by molar-refractivity contribution is -0.115. The number of benzene rings is 2. The summed E-state index contributed by atoms with van der Waals surface area (Å²) in [7, 11) is 0. The van der Waals surface area contributed by atoms with Crippen molar-refractivity contribution in [3.63, 3.8) is 0 Å². The normalized spacial score (nSPS) is 17.2. The first-order valence-corrected chi connectivity index (χ1v) is 12.6. The molecule has 1 fully saturated rings. The van der Waals surface area contributed by atoms with E-state index in [-0.39, 0.29) is 18.0 Å². The van der Waals surface area contributed by atoms with Crippen LogP contribution in [0.1, 0.15) is 42.4 Å². The minimum absolute atomic E-state index is 0.0170. The molecule has 3 heterocycles. The van der Waals surface area contributed by atoms with Gasteiger partial charge in [0, 0.05) is 46.6 Å². The summed E-state index contributed by atoms with van der Waals surface area (Å²) >= 11 is 12.2. The molecule has 2 atom stereocenters. The van der Waals surface area contributed by atoms with E-state index in [1.54, 1.807) is 6.20 Å². The number of hydrogen-bond acceptors (Lipinski definition) is 3. The van der Waals surface area contributed by atoms with Gasteiger partial charge in [0.15, 0.2) is 5.11 Å². The van der Waals surface area contributed by atoms with Gasteiger partial charge < -0.3 is 20.1 Å². The largest absolute Gasteiger partial charge is 0.351 e. The molecule has 182 valence electrons. The van der Waals surface area contributed by atoms with Crippen molar-refractivity contribution in [1.82, 2.24) is 14.9 Å². The summed E-state index contributed by atoms with van der Waals surface area (Å²) in [6, 6.07) is 23.4. The molecule has 0 saturated carbocycles. The number of pyridine rings is 1. The van der Waals surface area contributed by atoms with E-state index in [0.717, 1.165) is 34.0 Å². The van der Waals surface area contributed by atoms with E-state index in [9.17, 15) is 4.79 Å². The second-order valence-corrected chi connectivity index (χ2v) is 9.50. The lowest BCUT2D eigenvalue weighted by Gasteiger charge is -2.29. The van der Waals surface area contributed by atoms with Crippen LogP contribution in [0.25, 0.3) is 5.69 Å². The zero-order chi connectivity index (χ0) is 25.2. The van der Waals surface area contributed by atoms with Gasteiger partial charge in [-0.15, -0.1) is 0 Å². The molecule has 8 heteroatoms. The minimum atomic E-state index is -0.183. The van der Waals surface area contributed by atoms with Crippen LogP contribution in [0.5, 0.6) is 0 Å². The highest BCUT2D eigenvalue weighted by atomic mass is 35.5. The van der Waals surface area contributed by atoms with Crippen molar-refractivity contribution in [2.45, 2.75) is 32.4 Å². The van der Waals surface area contributed by atoms with Crippen molar-refractivity contribution in [3.05, 3.63) is 107 Å². The summed E-state index contributed by atoms with van der Waals surface area (Å²) < 4.78 is 2.14. The maximum Gasteiger partial charge on any atom is 0.224 e. The second-order valence-electron chi connectivity index (χ2n) is 8.68. The molecule has 0 spiro atoms. The average molecular weight is 516 g/mol. The highest BCUT2D eigenvalue weighted by Crippen LogP contribution is 2.43. The molecular formula is C28H26ClN5OS. The zero-order valence-corrected chi connectivity index (χ0v) is 21.6. The number of aromatic nitrogens is 2. The van der Waals surface area contributed by atoms with Crippen LogP contribution in [-0.4, -0.2) is 20.6 Å². The Morgan fingerprint density at radius 3 is 2.67 bits per heavy atom. The summed E-state index contributed by atoms with van der Waals surface area (Å²) in [5.41, 5.74) is 5.60. The average Bonchev–Trinajstić information content (AvgIpc) is 3.50. The molecular weight excluding hydrogens is 490 g/mol. The number of hydrogen-bond donors (Lipinski definition) is 2. The maximum atomic E-state index is 12.0. The van der Waals surface area contributed by atoms with E-state index in [0.29, 0.717) is 16.6 Å². The predicted octanol–water partition coefficient (Wildman–Crippen LogP) is 6.36. The van der Waals surface area contributed by atoms with Crippen LogP contribution in [0.3, 0.4) is 0 Å². The van der Waals surface area contributed by atoms with Crippen molar-refractivity contribution in [2.75, 3.05) is 10.2 Å². The predicted molar refractivity (Wildman–Crippen MR) is 149 cm³/mol. The number of anilines is 2. The number of carbonyl (C=O) groups excluding carboxylic acids is 1. The Morgan fingerprint density at radius 1 is 1.08 bits per heavy atom. The Hall–Kier alpha value is -3.68. The van der Waals surface area contributed by atoms with Crippen molar-refractivity contribution < 1.29 is 4.79 Å². The number of nitrogens with zero attached hydrogens (tertiary/aromatic N) is 3. The lowest BCUT2D eigenvalue weighted by atomic mass is 10.00. The van der Waals surface area contributed by atoms with Gasteiger partial charge >= 0.3 is 0 Å². The van der Waals surface area contributed by atoms with Crippen molar-refractivity contribution >= 4 is 46.2 Å². The van der Waals surface area contributed by atoms with E-state index in [1.165, 1.54) is 0 Å². The van der Waals surface area contributed by atoms with E-state index in [4.69, 9.17) is 23.8 Å². The maximum absolute atomic E-state index is 12.0. The fourth-order valence-electron chi connectivity index (χ4n) is 4.61. The number of amides is 1. The van der Waals surface area contributed by atoms with Crippen LogP contribution in [0.4, 0.5) is 11.4 Å². The molecule has 1 amide bonds. The molecule has 2 N–H and O–H groups in total. The Labute approximate surface area is 220 Å². The van der Waals surface area contributed by atoms with E-state index < -0.39 is 0 Å². The van der Waals surface area contributed by atoms with Gasteiger partial charge in [-0.1, -0.05) is 30.7 Å². The van der Waals surface area contributed by atoms with Gasteiger partial charge in [-0.05, 0) is 85.4 Å². The minimum Gasteiger partial charge on any atom is -0.351 e. The molecule has 36 heavy (non-hydrogen) atoms. The van der Waals surface area contributed by atoms with Crippen LogP contribution in [0.2, 0.25) is 5.02 Å². The van der Waals surface area contributed by atoms with E-state index in [2.05, 4.69) is 37.2 Å². The SMILES string of the molecule is CCC(=O)Nc1ccc(N2C(=S)NC(c3ccccn3)C2c2cccn2-c2cccc(Cl)c2)cc1C. The summed E-state index contributed by atoms with van der Waals surface area (Å²) in [6.07, 6.45) is 4.26. The molecule has 6 nitrogen and oxygen atoms in total. The fraction of sp³-hybridized carbons (Fsp3) is 0.179. The first kappa shape index (κ1) is 24.0. The van der Waals surface area contributed by atoms with Gasteiger partial charge in [-0.25, -0.2) is 0 Å². The number of nitrogens with one attached hydrogen (secondary N) is 2. The molecule has 2 aromatic heterocycles. The number of aryl methyl sites for hydroxylation is 1. The van der Waals surface area contributed by atoms with Crippen molar-refractivity contribution in [1.29, 1.82) is 0 Å². The van der Waals surface area contributed by atoms with Crippen LogP contribution >= 0.6 is 23.8 Å². The Kier molecular flexibility index (Phi) is 6.76. The van der Waals surface area contributed by atoms with Crippen LogP contribution in [-0.2, 0) is 4.79 Å². The van der Waals surface area contributed by atoms with Gasteiger partial charge in [0.25, 0.3) is 0 Å². The molecule has 1 aliphatic heterocycles. The highest BCUT2D eigenvalue weighted by molar-refractivity contribution is 7.80. The van der Waals surface area contributed by atoms with Crippen LogP contribution in [0, 0.1) is 6.92 Å². The van der Waals surface area contributed by atoms with Gasteiger partial charge in [-0.3, -0.25) is 9.78 Å². The molecule has 0 radical (unpaired) electrons. The summed E-state index contributed by atoms with van der Waals surface area (Å²) in [5.74, 6) is -0.0170.